The highest BCUT2D eigenvalue weighted by Crippen LogP contribution is 2.34. The Bertz CT molecular complexity index is 1430. The predicted molar refractivity (Wildman–Crippen MR) is 136 cm³/mol. The van der Waals surface area contributed by atoms with Crippen molar-refractivity contribution in [2.24, 2.45) is 0 Å². The molecule has 0 unspecified atom stereocenters. The van der Waals surface area contributed by atoms with Gasteiger partial charge in [0.25, 0.3) is 0 Å². The summed E-state index contributed by atoms with van der Waals surface area (Å²) in [6, 6.07) is 11.2. The zero-order valence-electron chi connectivity index (χ0n) is 19.4. The highest BCUT2D eigenvalue weighted by atomic mass is 35.5. The molecule has 2 aromatic carbocycles. The number of hydrogen-bond acceptors (Lipinski definition) is 6. The van der Waals surface area contributed by atoms with Crippen molar-refractivity contribution >= 4 is 33.5 Å². The van der Waals surface area contributed by atoms with Crippen molar-refractivity contribution in [3.63, 3.8) is 0 Å². The maximum absolute atomic E-state index is 12.8. The molecule has 0 fully saturated rings. The molecule has 2 aromatic heterocycles. The molecule has 34 heavy (non-hydrogen) atoms. The standard InChI is InChI=1S/C27H28ClNO5/c1-3-5-11-29(12-6-4-2)16-22-23(30)9-8-19-20(15-25(31)34-26(19)22)21-14-17-13-18(28)7-10-24(17)33-27(21)32/h7-10,13-15,30H,3-6,11-12,16H2,1-2H3. The van der Waals surface area contributed by atoms with Crippen molar-refractivity contribution in [3.05, 3.63) is 73.9 Å². The second-order valence-corrected chi connectivity index (χ2v) is 8.97. The molecule has 4 rings (SSSR count). The van der Waals surface area contributed by atoms with Gasteiger partial charge in [0.15, 0.2) is 0 Å². The summed E-state index contributed by atoms with van der Waals surface area (Å²) >= 11 is 6.12. The predicted octanol–water partition coefficient (Wildman–Crippen LogP) is 6.33. The first-order valence-corrected chi connectivity index (χ1v) is 12.0. The van der Waals surface area contributed by atoms with Crippen LogP contribution in [0.1, 0.15) is 45.1 Å². The molecule has 0 saturated carbocycles. The van der Waals surface area contributed by atoms with Crippen molar-refractivity contribution < 1.29 is 13.9 Å². The van der Waals surface area contributed by atoms with Gasteiger partial charge in [-0.2, -0.15) is 0 Å². The molecule has 0 saturated heterocycles. The highest BCUT2D eigenvalue weighted by molar-refractivity contribution is 6.31. The van der Waals surface area contributed by atoms with Gasteiger partial charge in [-0.3, -0.25) is 4.90 Å². The summed E-state index contributed by atoms with van der Waals surface area (Å²) in [6.45, 7) is 6.48. The smallest absolute Gasteiger partial charge is 0.344 e. The fraction of sp³-hybridized carbons (Fsp3) is 0.333. The first-order valence-electron chi connectivity index (χ1n) is 11.7. The molecule has 7 heteroatoms. The summed E-state index contributed by atoms with van der Waals surface area (Å²) in [5, 5.41) is 12.4. The van der Waals surface area contributed by atoms with Crippen molar-refractivity contribution in [3.8, 4) is 16.9 Å². The molecule has 0 aliphatic heterocycles. The summed E-state index contributed by atoms with van der Waals surface area (Å²) in [6.07, 6.45) is 4.19. The zero-order valence-corrected chi connectivity index (χ0v) is 20.2. The van der Waals surface area contributed by atoms with E-state index in [2.05, 4.69) is 18.7 Å². The van der Waals surface area contributed by atoms with Gasteiger partial charge in [-0.05, 0) is 62.3 Å². The third-order valence-corrected chi connectivity index (χ3v) is 6.25. The lowest BCUT2D eigenvalue weighted by atomic mass is 9.99. The van der Waals surface area contributed by atoms with Gasteiger partial charge in [0.05, 0.1) is 11.1 Å². The van der Waals surface area contributed by atoms with Gasteiger partial charge in [0, 0.05) is 34.0 Å². The molecule has 4 aromatic rings. The molecular formula is C27H28ClNO5. The first kappa shape index (κ1) is 24.0. The van der Waals surface area contributed by atoms with Gasteiger partial charge in [-0.25, -0.2) is 9.59 Å². The van der Waals surface area contributed by atoms with Crippen LogP contribution in [0.2, 0.25) is 5.02 Å². The maximum atomic E-state index is 12.8. The van der Waals surface area contributed by atoms with E-state index in [-0.39, 0.29) is 16.9 Å². The minimum Gasteiger partial charge on any atom is -0.507 e. The van der Waals surface area contributed by atoms with Crippen LogP contribution in [-0.2, 0) is 6.54 Å². The largest absolute Gasteiger partial charge is 0.507 e. The Hall–Kier alpha value is -3.09. The molecule has 178 valence electrons. The Kier molecular flexibility index (Phi) is 7.39. The topological polar surface area (TPSA) is 83.9 Å². The average Bonchev–Trinajstić information content (AvgIpc) is 2.81. The van der Waals surface area contributed by atoms with Crippen molar-refractivity contribution in [2.75, 3.05) is 13.1 Å². The molecule has 6 nitrogen and oxygen atoms in total. The molecule has 0 bridgehead atoms. The monoisotopic (exact) mass is 481 g/mol. The summed E-state index contributed by atoms with van der Waals surface area (Å²) in [5.41, 5.74) is 0.696. The van der Waals surface area contributed by atoms with Crippen LogP contribution in [0.4, 0.5) is 0 Å². The molecule has 0 amide bonds. The van der Waals surface area contributed by atoms with Crippen LogP contribution in [0.15, 0.2) is 60.9 Å². The Labute approximate surface area is 202 Å². The molecular weight excluding hydrogens is 454 g/mol. The molecule has 0 radical (unpaired) electrons. The number of hydrogen-bond donors (Lipinski definition) is 1. The van der Waals surface area contributed by atoms with Crippen LogP contribution < -0.4 is 11.3 Å². The number of nitrogens with zero attached hydrogens (tertiary/aromatic N) is 1. The fourth-order valence-corrected chi connectivity index (χ4v) is 4.37. The quantitative estimate of drug-likeness (QED) is 0.281. The number of halogens is 1. The van der Waals surface area contributed by atoms with E-state index < -0.39 is 11.3 Å². The van der Waals surface area contributed by atoms with E-state index >= 15 is 0 Å². The second-order valence-electron chi connectivity index (χ2n) is 8.53. The minimum atomic E-state index is -0.603. The minimum absolute atomic E-state index is 0.0584. The Morgan fingerprint density at radius 1 is 0.912 bits per heavy atom. The van der Waals surface area contributed by atoms with E-state index in [0.29, 0.717) is 39.0 Å². The molecule has 0 spiro atoms. The van der Waals surface area contributed by atoms with Gasteiger partial charge < -0.3 is 13.9 Å². The van der Waals surface area contributed by atoms with Gasteiger partial charge in [-0.1, -0.05) is 38.3 Å². The Morgan fingerprint density at radius 3 is 2.35 bits per heavy atom. The van der Waals surface area contributed by atoms with Gasteiger partial charge in [0.1, 0.15) is 16.9 Å². The van der Waals surface area contributed by atoms with Crippen LogP contribution >= 0.6 is 11.6 Å². The average molecular weight is 482 g/mol. The Balaban J connectivity index is 1.88. The lowest BCUT2D eigenvalue weighted by Crippen LogP contribution is -2.26. The summed E-state index contributed by atoms with van der Waals surface area (Å²) in [7, 11) is 0. The van der Waals surface area contributed by atoms with Crippen LogP contribution in [0.3, 0.4) is 0 Å². The Morgan fingerprint density at radius 2 is 1.65 bits per heavy atom. The number of aromatic hydroxyl groups is 1. The summed E-state index contributed by atoms with van der Waals surface area (Å²) < 4.78 is 11.1. The normalized spacial score (nSPS) is 11.6. The summed E-state index contributed by atoms with van der Waals surface area (Å²) in [4.78, 5) is 27.7. The fourth-order valence-electron chi connectivity index (χ4n) is 4.19. The molecule has 0 atom stereocenters. The second kappa shape index (κ2) is 10.5. The molecule has 1 N–H and O–H groups in total. The third-order valence-electron chi connectivity index (χ3n) is 6.01. The van der Waals surface area contributed by atoms with E-state index in [1.54, 1.807) is 36.4 Å². The van der Waals surface area contributed by atoms with Crippen LogP contribution in [0.5, 0.6) is 5.75 Å². The van der Waals surface area contributed by atoms with E-state index in [1.165, 1.54) is 6.07 Å². The highest BCUT2D eigenvalue weighted by Gasteiger charge is 2.19. The SMILES string of the molecule is CCCCN(CCCC)Cc1c(O)ccc2c(-c3cc4cc(Cl)ccc4oc3=O)cc(=O)oc12. The number of rotatable bonds is 9. The van der Waals surface area contributed by atoms with Crippen LogP contribution in [-0.4, -0.2) is 23.1 Å². The van der Waals surface area contributed by atoms with E-state index in [9.17, 15) is 14.7 Å². The first-order chi connectivity index (χ1) is 16.4. The van der Waals surface area contributed by atoms with Crippen molar-refractivity contribution in [1.82, 2.24) is 4.90 Å². The van der Waals surface area contributed by atoms with Gasteiger partial charge in [-0.15, -0.1) is 0 Å². The van der Waals surface area contributed by atoms with E-state index in [4.69, 9.17) is 20.4 Å². The van der Waals surface area contributed by atoms with E-state index in [1.807, 2.05) is 0 Å². The number of phenols is 1. The van der Waals surface area contributed by atoms with Crippen molar-refractivity contribution in [2.45, 2.75) is 46.1 Å². The number of unbranched alkanes of at least 4 members (excludes halogenated alkanes) is 2. The van der Waals surface area contributed by atoms with Gasteiger partial charge in [0.2, 0.25) is 0 Å². The van der Waals surface area contributed by atoms with Crippen LogP contribution in [0.25, 0.3) is 33.1 Å². The molecule has 2 heterocycles. The number of fused-ring (bicyclic) bond motifs is 2. The zero-order chi connectivity index (χ0) is 24.2. The third kappa shape index (κ3) is 5.03. The number of phenolic OH excluding ortho intramolecular Hbond substituents is 1. The lowest BCUT2D eigenvalue weighted by Gasteiger charge is -2.23. The molecule has 0 aliphatic rings. The van der Waals surface area contributed by atoms with Crippen LogP contribution in [0, 0.1) is 0 Å². The van der Waals surface area contributed by atoms with E-state index in [0.717, 1.165) is 38.8 Å². The molecule has 0 aliphatic carbocycles. The summed E-state index contributed by atoms with van der Waals surface area (Å²) in [5.74, 6) is 0.0584. The number of benzene rings is 2. The lowest BCUT2D eigenvalue weighted by molar-refractivity contribution is 0.253. The van der Waals surface area contributed by atoms with Gasteiger partial charge >= 0.3 is 11.3 Å². The maximum Gasteiger partial charge on any atom is 0.344 e. The van der Waals surface area contributed by atoms with Crippen molar-refractivity contribution in [1.29, 1.82) is 0 Å².